The molecule has 0 bridgehead atoms. The van der Waals surface area contributed by atoms with Gasteiger partial charge in [-0.3, -0.25) is 9.59 Å². The number of carbonyl (C=O) groups is 2. The largest absolute Gasteiger partial charge is 0.360 e. The summed E-state index contributed by atoms with van der Waals surface area (Å²) >= 11 is 0. The second-order valence-corrected chi connectivity index (χ2v) is 9.26. The van der Waals surface area contributed by atoms with E-state index in [9.17, 15) is 22.4 Å². The third-order valence-electron chi connectivity index (χ3n) is 5.22. The summed E-state index contributed by atoms with van der Waals surface area (Å²) in [5.74, 6) is -2.03. The number of carbonyl (C=O) groups excluding carboxylic acids is 2. The minimum Gasteiger partial charge on any atom is -0.360 e. The molecule has 10 heteroatoms. The fraction of sp³-hybridized carbons (Fsp3) is 0.579. The minimum atomic E-state index is -3.95. The van der Waals surface area contributed by atoms with Crippen molar-refractivity contribution < 1.29 is 27.1 Å². The van der Waals surface area contributed by atoms with Gasteiger partial charge in [-0.05, 0) is 49.9 Å². The fourth-order valence-electron chi connectivity index (χ4n) is 3.60. The van der Waals surface area contributed by atoms with E-state index in [0.717, 1.165) is 36.1 Å². The summed E-state index contributed by atoms with van der Waals surface area (Å²) in [4.78, 5) is 24.1. The van der Waals surface area contributed by atoms with Crippen LogP contribution in [0.2, 0.25) is 0 Å². The lowest BCUT2D eigenvalue weighted by atomic mass is 10.2. The van der Waals surface area contributed by atoms with Crippen LogP contribution in [0.15, 0.2) is 23.1 Å². The van der Waals surface area contributed by atoms with E-state index < -0.39 is 33.9 Å². The van der Waals surface area contributed by atoms with Crippen LogP contribution >= 0.6 is 0 Å². The molecule has 160 valence electrons. The van der Waals surface area contributed by atoms with Crippen LogP contribution < -0.4 is 10.6 Å². The molecule has 0 spiro atoms. The number of halogens is 1. The molecule has 1 aliphatic heterocycles. The quantitative estimate of drug-likeness (QED) is 0.684. The topological polar surface area (TPSA) is 105 Å². The number of nitrogens with one attached hydrogen (secondary N) is 2. The molecule has 3 rings (SSSR count). The van der Waals surface area contributed by atoms with Crippen molar-refractivity contribution in [3.63, 3.8) is 0 Å². The third kappa shape index (κ3) is 5.12. The Morgan fingerprint density at radius 1 is 1.21 bits per heavy atom. The SMILES string of the molecule is Cc1cc(S(=O)(=O)N2CCCO[C@@H]2CNC(=O)C(=O)NC2CCCC2)ccc1F. The van der Waals surface area contributed by atoms with E-state index in [1.165, 1.54) is 19.1 Å². The molecular formula is C19H26FN3O5S. The van der Waals surface area contributed by atoms with E-state index in [2.05, 4.69) is 10.6 Å². The number of amides is 2. The van der Waals surface area contributed by atoms with Crippen molar-refractivity contribution in [1.29, 1.82) is 0 Å². The molecule has 0 aromatic heterocycles. The molecule has 1 aliphatic carbocycles. The van der Waals surface area contributed by atoms with Gasteiger partial charge in [-0.1, -0.05) is 12.8 Å². The maximum absolute atomic E-state index is 13.5. The summed E-state index contributed by atoms with van der Waals surface area (Å²) in [6, 6.07) is 3.59. The molecule has 1 aromatic carbocycles. The Bertz CT molecular complexity index is 871. The number of hydrogen-bond donors (Lipinski definition) is 2. The molecule has 2 fully saturated rings. The van der Waals surface area contributed by atoms with E-state index in [1.54, 1.807) is 0 Å². The average Bonchev–Trinajstić information content (AvgIpc) is 3.21. The minimum absolute atomic E-state index is 0.0118. The van der Waals surface area contributed by atoms with Crippen molar-refractivity contribution in [2.75, 3.05) is 19.7 Å². The van der Waals surface area contributed by atoms with Gasteiger partial charge in [0.25, 0.3) is 0 Å². The zero-order chi connectivity index (χ0) is 21.0. The van der Waals surface area contributed by atoms with Gasteiger partial charge in [0.1, 0.15) is 12.0 Å². The number of rotatable bonds is 5. The normalized spacial score (nSPS) is 21.1. The van der Waals surface area contributed by atoms with Crippen LogP contribution in [0.3, 0.4) is 0 Å². The van der Waals surface area contributed by atoms with Crippen molar-refractivity contribution in [3.8, 4) is 0 Å². The number of benzene rings is 1. The molecule has 8 nitrogen and oxygen atoms in total. The summed E-state index contributed by atoms with van der Waals surface area (Å²) in [6.07, 6.45) is 3.31. The second kappa shape index (κ2) is 9.19. The summed E-state index contributed by atoms with van der Waals surface area (Å²) < 4.78 is 46.2. The number of hydrogen-bond acceptors (Lipinski definition) is 5. The Morgan fingerprint density at radius 2 is 1.93 bits per heavy atom. The van der Waals surface area contributed by atoms with Crippen molar-refractivity contribution in [1.82, 2.24) is 14.9 Å². The summed E-state index contributed by atoms with van der Waals surface area (Å²) in [5, 5.41) is 5.14. The van der Waals surface area contributed by atoms with Crippen LogP contribution in [0.25, 0.3) is 0 Å². The molecule has 2 aliphatic rings. The first-order valence-corrected chi connectivity index (χ1v) is 11.2. The van der Waals surface area contributed by atoms with E-state index >= 15 is 0 Å². The molecular weight excluding hydrogens is 401 g/mol. The summed E-state index contributed by atoms with van der Waals surface area (Å²) in [5.41, 5.74) is 0.220. The molecule has 1 saturated carbocycles. The Labute approximate surface area is 169 Å². The van der Waals surface area contributed by atoms with Gasteiger partial charge in [-0.2, -0.15) is 4.31 Å². The Morgan fingerprint density at radius 3 is 2.62 bits per heavy atom. The summed E-state index contributed by atoms with van der Waals surface area (Å²) in [6.45, 7) is 1.87. The van der Waals surface area contributed by atoms with Gasteiger partial charge in [-0.15, -0.1) is 0 Å². The van der Waals surface area contributed by atoms with Gasteiger partial charge in [0.15, 0.2) is 0 Å². The first-order valence-electron chi connectivity index (χ1n) is 9.77. The van der Waals surface area contributed by atoms with E-state index in [0.29, 0.717) is 13.0 Å². The highest BCUT2D eigenvalue weighted by Crippen LogP contribution is 2.23. The molecule has 1 saturated heterocycles. The van der Waals surface area contributed by atoms with Gasteiger partial charge in [0, 0.05) is 12.6 Å². The molecule has 0 unspecified atom stereocenters. The highest BCUT2D eigenvalue weighted by molar-refractivity contribution is 7.89. The number of nitrogens with zero attached hydrogens (tertiary/aromatic N) is 1. The molecule has 2 amide bonds. The monoisotopic (exact) mass is 427 g/mol. The first kappa shape index (κ1) is 21.7. The summed E-state index contributed by atoms with van der Waals surface area (Å²) in [7, 11) is -3.95. The van der Waals surface area contributed by atoms with Gasteiger partial charge >= 0.3 is 11.8 Å². The van der Waals surface area contributed by atoms with E-state index in [4.69, 9.17) is 4.74 Å². The predicted molar refractivity (Wildman–Crippen MR) is 103 cm³/mol. The maximum atomic E-state index is 13.5. The lowest BCUT2D eigenvalue weighted by Gasteiger charge is -2.34. The van der Waals surface area contributed by atoms with Crippen molar-refractivity contribution >= 4 is 21.8 Å². The first-order chi connectivity index (χ1) is 13.8. The molecule has 29 heavy (non-hydrogen) atoms. The highest BCUT2D eigenvalue weighted by atomic mass is 32.2. The fourth-order valence-corrected chi connectivity index (χ4v) is 5.25. The predicted octanol–water partition coefficient (Wildman–Crippen LogP) is 1.05. The second-order valence-electron chi connectivity index (χ2n) is 7.37. The zero-order valence-electron chi connectivity index (χ0n) is 16.3. The zero-order valence-corrected chi connectivity index (χ0v) is 17.1. The number of ether oxygens (including phenoxy) is 1. The molecule has 1 atom stereocenters. The van der Waals surface area contributed by atoms with Crippen LogP contribution in [-0.2, 0) is 24.3 Å². The number of sulfonamides is 1. The van der Waals surface area contributed by atoms with Crippen LogP contribution in [-0.4, -0.2) is 56.5 Å². The van der Waals surface area contributed by atoms with Crippen LogP contribution in [0.5, 0.6) is 0 Å². The number of aryl methyl sites for hydroxylation is 1. The van der Waals surface area contributed by atoms with Crippen LogP contribution in [0.4, 0.5) is 4.39 Å². The van der Waals surface area contributed by atoms with E-state index in [-0.39, 0.29) is 29.6 Å². The molecule has 2 N–H and O–H groups in total. The third-order valence-corrected chi connectivity index (χ3v) is 7.11. The molecule has 1 aromatic rings. The van der Waals surface area contributed by atoms with Crippen molar-refractivity contribution in [3.05, 3.63) is 29.6 Å². The van der Waals surface area contributed by atoms with Crippen molar-refractivity contribution in [2.45, 2.75) is 56.2 Å². The van der Waals surface area contributed by atoms with Gasteiger partial charge < -0.3 is 15.4 Å². The average molecular weight is 427 g/mol. The molecule has 1 heterocycles. The Kier molecular flexibility index (Phi) is 6.86. The lowest BCUT2D eigenvalue weighted by molar-refractivity contribution is -0.140. The van der Waals surface area contributed by atoms with Crippen molar-refractivity contribution in [2.24, 2.45) is 0 Å². The van der Waals surface area contributed by atoms with E-state index in [1.807, 2.05) is 0 Å². The van der Waals surface area contributed by atoms with Gasteiger partial charge in [-0.25, -0.2) is 12.8 Å². The highest BCUT2D eigenvalue weighted by Gasteiger charge is 2.35. The molecule has 0 radical (unpaired) electrons. The van der Waals surface area contributed by atoms with Crippen LogP contribution in [0.1, 0.15) is 37.7 Å². The Hall–Kier alpha value is -2.04. The van der Waals surface area contributed by atoms with Gasteiger partial charge in [0.2, 0.25) is 10.0 Å². The Balaban J connectivity index is 1.65. The van der Waals surface area contributed by atoms with Crippen LogP contribution in [0, 0.1) is 12.7 Å². The van der Waals surface area contributed by atoms with Gasteiger partial charge in [0.05, 0.1) is 18.0 Å². The maximum Gasteiger partial charge on any atom is 0.309 e. The lowest BCUT2D eigenvalue weighted by Crippen LogP contribution is -2.53. The smallest absolute Gasteiger partial charge is 0.309 e. The standard InChI is InChI=1S/C19H26FN3O5S/c1-13-11-15(7-8-16(13)20)29(26,27)23-9-4-10-28-17(23)12-21-18(24)19(25)22-14-5-2-3-6-14/h7-8,11,14,17H,2-6,9-10,12H2,1H3,(H,21,24)(H,22,25)/t17-/m1/s1.